The molecule has 0 bridgehead atoms. The number of aliphatic hydroxyl groups is 1. The molecule has 0 amide bonds. The highest BCUT2D eigenvalue weighted by atomic mass is 16.7. The third-order valence-electron chi connectivity index (χ3n) is 1.75. The first-order chi connectivity index (χ1) is 5.59. The zero-order valence-corrected chi connectivity index (χ0v) is 7.57. The Morgan fingerprint density at radius 1 is 1.25 bits per heavy atom. The van der Waals surface area contributed by atoms with E-state index in [0.29, 0.717) is 0 Å². The molecule has 0 aromatic carbocycles. The van der Waals surface area contributed by atoms with Crippen LogP contribution in [0.2, 0.25) is 0 Å². The van der Waals surface area contributed by atoms with Gasteiger partial charge in [-0.3, -0.25) is 0 Å². The van der Waals surface area contributed by atoms with Crippen LogP contribution in [0.3, 0.4) is 0 Å². The van der Waals surface area contributed by atoms with Gasteiger partial charge in [-0.05, 0) is 26.7 Å². The van der Waals surface area contributed by atoms with Gasteiger partial charge in [0.2, 0.25) is 6.29 Å². The number of aliphatic hydroxyl groups excluding tert-OH is 1. The summed E-state index contributed by atoms with van der Waals surface area (Å²) >= 11 is 0. The van der Waals surface area contributed by atoms with E-state index in [4.69, 9.17) is 14.6 Å². The maximum absolute atomic E-state index is 8.86. The Kier molecular flexibility index (Phi) is 3.10. The van der Waals surface area contributed by atoms with E-state index in [0.717, 1.165) is 0 Å². The van der Waals surface area contributed by atoms with Crippen LogP contribution in [0.15, 0.2) is 0 Å². The fraction of sp³-hybridized carbons (Fsp3) is 0.778. The van der Waals surface area contributed by atoms with Crippen LogP contribution < -0.4 is 0 Å². The Bertz CT molecular complexity index is 192. The van der Waals surface area contributed by atoms with Gasteiger partial charge < -0.3 is 14.6 Å². The summed E-state index contributed by atoms with van der Waals surface area (Å²) in [5.74, 6) is 5.28. The summed E-state index contributed by atoms with van der Waals surface area (Å²) in [6, 6.07) is 0. The molecular weight excluding hydrogens is 156 g/mol. The molecule has 3 nitrogen and oxygen atoms in total. The number of hydrogen-bond donors (Lipinski definition) is 1. The predicted molar refractivity (Wildman–Crippen MR) is 44.3 cm³/mol. The molecule has 0 spiro atoms. The molecule has 0 aromatic heterocycles. The summed E-state index contributed by atoms with van der Waals surface area (Å²) < 4.78 is 10.6. The fourth-order valence-electron chi connectivity index (χ4n) is 0.900. The van der Waals surface area contributed by atoms with E-state index < -0.39 is 12.4 Å². The van der Waals surface area contributed by atoms with Gasteiger partial charge in [0, 0.05) is 0 Å². The van der Waals surface area contributed by atoms with Crippen LogP contribution in [0.5, 0.6) is 0 Å². The largest absolute Gasteiger partial charge is 0.381 e. The van der Waals surface area contributed by atoms with Crippen LogP contribution in [-0.4, -0.2) is 29.7 Å². The lowest BCUT2D eigenvalue weighted by atomic mass is 10.3. The normalized spacial score (nSPS) is 37.2. The molecule has 1 aliphatic rings. The maximum atomic E-state index is 8.86. The molecule has 1 fully saturated rings. The van der Waals surface area contributed by atoms with E-state index in [-0.39, 0.29) is 12.2 Å². The zero-order chi connectivity index (χ0) is 9.14. The highest BCUT2D eigenvalue weighted by Crippen LogP contribution is 2.17. The van der Waals surface area contributed by atoms with E-state index in [1.54, 1.807) is 6.92 Å². The first-order valence-corrected chi connectivity index (χ1v) is 4.09. The third-order valence-corrected chi connectivity index (χ3v) is 1.75. The standard InChI is InChI=1S/C9H14O3/c1-6(10)4-5-9-11-7(2)8(3)12-9/h6-10H,1-3H3/t6-,7+,8?,9?/m0/s1. The summed E-state index contributed by atoms with van der Waals surface area (Å²) in [6.45, 7) is 5.48. The molecule has 1 heterocycles. The lowest BCUT2D eigenvalue weighted by molar-refractivity contribution is -0.0170. The molecule has 68 valence electrons. The Balaban J connectivity index is 2.44. The molecule has 0 radical (unpaired) electrons. The van der Waals surface area contributed by atoms with Crippen molar-refractivity contribution in [1.82, 2.24) is 0 Å². The number of ether oxygens (including phenoxy) is 2. The Labute approximate surface area is 72.7 Å². The highest BCUT2D eigenvalue weighted by Gasteiger charge is 2.27. The van der Waals surface area contributed by atoms with Gasteiger partial charge in [0.1, 0.15) is 6.10 Å². The third kappa shape index (κ3) is 2.49. The molecule has 0 saturated carbocycles. The Morgan fingerprint density at radius 3 is 2.17 bits per heavy atom. The SMILES string of the molecule is CC1OC(C#C[C@H](C)O)O[C@@H]1C. The van der Waals surface area contributed by atoms with Crippen molar-refractivity contribution in [3.05, 3.63) is 0 Å². The summed E-state index contributed by atoms with van der Waals surface area (Å²) in [6.07, 6.45) is -0.926. The van der Waals surface area contributed by atoms with Crippen molar-refractivity contribution < 1.29 is 14.6 Å². The first kappa shape index (κ1) is 9.53. The van der Waals surface area contributed by atoms with Gasteiger partial charge in [-0.15, -0.1) is 0 Å². The smallest absolute Gasteiger partial charge is 0.223 e. The molecule has 0 aliphatic carbocycles. The van der Waals surface area contributed by atoms with Crippen molar-refractivity contribution in [3.8, 4) is 11.8 Å². The van der Waals surface area contributed by atoms with Gasteiger partial charge in [-0.1, -0.05) is 5.92 Å². The Morgan fingerprint density at radius 2 is 1.75 bits per heavy atom. The zero-order valence-electron chi connectivity index (χ0n) is 7.57. The van der Waals surface area contributed by atoms with Gasteiger partial charge in [-0.2, -0.15) is 0 Å². The van der Waals surface area contributed by atoms with Gasteiger partial charge in [0.25, 0.3) is 0 Å². The Hall–Kier alpha value is -0.560. The second kappa shape index (κ2) is 3.90. The summed E-state index contributed by atoms with van der Waals surface area (Å²) in [5.41, 5.74) is 0. The van der Waals surface area contributed by atoms with E-state index >= 15 is 0 Å². The lowest BCUT2D eigenvalue weighted by Crippen LogP contribution is -2.13. The van der Waals surface area contributed by atoms with Crippen LogP contribution in [-0.2, 0) is 9.47 Å². The molecular formula is C9H14O3. The average Bonchev–Trinajstić information content (AvgIpc) is 2.28. The summed E-state index contributed by atoms with van der Waals surface area (Å²) in [4.78, 5) is 0. The molecule has 2 unspecified atom stereocenters. The minimum absolute atomic E-state index is 0.0818. The minimum Gasteiger partial charge on any atom is -0.381 e. The fourth-order valence-corrected chi connectivity index (χ4v) is 0.900. The van der Waals surface area contributed by atoms with Crippen molar-refractivity contribution in [1.29, 1.82) is 0 Å². The molecule has 1 saturated heterocycles. The number of rotatable bonds is 0. The molecule has 1 aliphatic heterocycles. The predicted octanol–water partition coefficient (Wildman–Crippen LogP) is 0.520. The van der Waals surface area contributed by atoms with Crippen LogP contribution in [0.25, 0.3) is 0 Å². The molecule has 0 aromatic rings. The van der Waals surface area contributed by atoms with Crippen LogP contribution in [0.1, 0.15) is 20.8 Å². The van der Waals surface area contributed by atoms with Gasteiger partial charge in [0.05, 0.1) is 12.2 Å². The second-order valence-electron chi connectivity index (χ2n) is 2.98. The van der Waals surface area contributed by atoms with E-state index in [9.17, 15) is 0 Å². The molecule has 1 rings (SSSR count). The quantitative estimate of drug-likeness (QED) is 0.539. The van der Waals surface area contributed by atoms with Crippen LogP contribution in [0.4, 0.5) is 0 Å². The van der Waals surface area contributed by atoms with Gasteiger partial charge in [-0.25, -0.2) is 0 Å². The topological polar surface area (TPSA) is 38.7 Å². The first-order valence-electron chi connectivity index (χ1n) is 4.09. The van der Waals surface area contributed by atoms with Crippen LogP contribution in [0, 0.1) is 11.8 Å². The summed E-state index contributed by atoms with van der Waals surface area (Å²) in [7, 11) is 0. The monoisotopic (exact) mass is 170 g/mol. The van der Waals surface area contributed by atoms with E-state index in [1.165, 1.54) is 0 Å². The highest BCUT2D eigenvalue weighted by molar-refractivity contribution is 5.07. The maximum Gasteiger partial charge on any atom is 0.223 e. The van der Waals surface area contributed by atoms with E-state index in [1.807, 2.05) is 13.8 Å². The van der Waals surface area contributed by atoms with Crippen molar-refractivity contribution in [3.63, 3.8) is 0 Å². The average molecular weight is 170 g/mol. The second-order valence-corrected chi connectivity index (χ2v) is 2.98. The van der Waals surface area contributed by atoms with Crippen molar-refractivity contribution >= 4 is 0 Å². The lowest BCUT2D eigenvalue weighted by Gasteiger charge is -2.01. The molecule has 12 heavy (non-hydrogen) atoms. The molecule has 3 heteroatoms. The van der Waals surface area contributed by atoms with E-state index in [2.05, 4.69) is 11.8 Å². The minimum atomic E-state index is -0.622. The van der Waals surface area contributed by atoms with Crippen molar-refractivity contribution in [2.75, 3.05) is 0 Å². The van der Waals surface area contributed by atoms with Crippen molar-refractivity contribution in [2.24, 2.45) is 0 Å². The number of hydrogen-bond acceptors (Lipinski definition) is 3. The van der Waals surface area contributed by atoms with Gasteiger partial charge >= 0.3 is 0 Å². The molecule has 4 atom stereocenters. The molecule has 1 N–H and O–H groups in total. The van der Waals surface area contributed by atoms with Crippen LogP contribution >= 0.6 is 0 Å². The summed E-state index contributed by atoms with van der Waals surface area (Å²) in [5, 5.41) is 8.86. The van der Waals surface area contributed by atoms with Gasteiger partial charge in [0.15, 0.2) is 0 Å². The van der Waals surface area contributed by atoms with Crippen molar-refractivity contribution in [2.45, 2.75) is 45.4 Å².